The molecule has 1 heterocycles. The Morgan fingerprint density at radius 2 is 2.00 bits per heavy atom. The fourth-order valence-corrected chi connectivity index (χ4v) is 2.38. The Hall–Kier alpha value is -2.68. The first-order chi connectivity index (χ1) is 9.49. The van der Waals surface area contributed by atoms with Gasteiger partial charge in [-0.1, -0.05) is 6.07 Å². The smallest absolute Gasteiger partial charge is 0.276 e. The summed E-state index contributed by atoms with van der Waals surface area (Å²) in [6.45, 7) is 1.74. The van der Waals surface area contributed by atoms with Gasteiger partial charge in [-0.15, -0.1) is 0 Å². The fourth-order valence-electron chi connectivity index (χ4n) is 2.38. The number of nitrogens with zero attached hydrogens (tertiary/aromatic N) is 2. The number of imide groups is 2. The van der Waals surface area contributed by atoms with Gasteiger partial charge in [0.15, 0.2) is 0 Å². The number of hydrogen-bond donors (Lipinski definition) is 1. The monoisotopic (exact) mass is 269 g/mol. The molecule has 2 fully saturated rings. The second kappa shape index (κ2) is 3.90. The summed E-state index contributed by atoms with van der Waals surface area (Å²) < 4.78 is 0. The summed E-state index contributed by atoms with van der Waals surface area (Å²) in [6.07, 6.45) is 0.914. The number of amides is 4. The summed E-state index contributed by atoms with van der Waals surface area (Å²) in [7, 11) is 0. The Morgan fingerprint density at radius 3 is 2.60 bits per heavy atom. The van der Waals surface area contributed by atoms with E-state index in [1.807, 2.05) is 6.07 Å². The number of carbonyl (C=O) groups excluding carboxylic acids is 3. The molecule has 20 heavy (non-hydrogen) atoms. The second-order valence-corrected chi connectivity index (χ2v) is 5.10. The highest BCUT2D eigenvalue weighted by molar-refractivity contribution is 6.31. The number of barbiturate groups is 1. The van der Waals surface area contributed by atoms with Crippen LogP contribution in [0.1, 0.15) is 24.0 Å². The average Bonchev–Trinajstić information content (AvgIpc) is 3.21. The van der Waals surface area contributed by atoms with E-state index in [0.29, 0.717) is 29.7 Å². The zero-order valence-corrected chi connectivity index (χ0v) is 10.8. The maximum absolute atomic E-state index is 12.4. The molecule has 4 amide bonds. The number of anilines is 1. The van der Waals surface area contributed by atoms with E-state index in [1.165, 1.54) is 6.07 Å². The van der Waals surface area contributed by atoms with Crippen LogP contribution >= 0.6 is 0 Å². The van der Waals surface area contributed by atoms with Crippen molar-refractivity contribution in [3.8, 4) is 6.07 Å². The molecule has 1 aromatic rings. The number of rotatable bonds is 1. The maximum Gasteiger partial charge on any atom is 0.335 e. The maximum atomic E-state index is 12.4. The van der Waals surface area contributed by atoms with Gasteiger partial charge in [0, 0.05) is 0 Å². The van der Waals surface area contributed by atoms with E-state index in [-0.39, 0.29) is 0 Å². The van der Waals surface area contributed by atoms with E-state index in [4.69, 9.17) is 5.26 Å². The highest BCUT2D eigenvalue weighted by Gasteiger charge is 2.62. The van der Waals surface area contributed by atoms with Gasteiger partial charge in [-0.3, -0.25) is 14.9 Å². The van der Waals surface area contributed by atoms with Gasteiger partial charge in [-0.2, -0.15) is 5.26 Å². The molecule has 1 aliphatic heterocycles. The minimum absolute atomic E-state index is 0.352. The van der Waals surface area contributed by atoms with Gasteiger partial charge in [0.25, 0.3) is 5.91 Å². The topological polar surface area (TPSA) is 90.3 Å². The molecule has 0 aromatic heterocycles. The second-order valence-electron chi connectivity index (χ2n) is 5.10. The summed E-state index contributed by atoms with van der Waals surface area (Å²) in [5.41, 5.74) is 0.319. The van der Waals surface area contributed by atoms with Crippen molar-refractivity contribution in [3.63, 3.8) is 0 Å². The summed E-state index contributed by atoms with van der Waals surface area (Å²) >= 11 is 0. The molecule has 100 valence electrons. The zero-order valence-electron chi connectivity index (χ0n) is 10.8. The molecule has 1 saturated carbocycles. The van der Waals surface area contributed by atoms with Crippen LogP contribution in [0.2, 0.25) is 0 Å². The lowest BCUT2D eigenvalue weighted by Crippen LogP contribution is -2.59. The number of urea groups is 1. The molecule has 0 unspecified atom stereocenters. The molecule has 1 N–H and O–H groups in total. The van der Waals surface area contributed by atoms with Crippen molar-refractivity contribution in [2.75, 3.05) is 4.90 Å². The lowest BCUT2D eigenvalue weighted by molar-refractivity contribution is -0.136. The highest BCUT2D eigenvalue weighted by atomic mass is 16.2. The van der Waals surface area contributed by atoms with Crippen LogP contribution in [0.4, 0.5) is 10.5 Å². The molecular weight excluding hydrogens is 258 g/mol. The quantitative estimate of drug-likeness (QED) is 0.776. The van der Waals surface area contributed by atoms with Crippen LogP contribution in [0.15, 0.2) is 18.2 Å². The van der Waals surface area contributed by atoms with Gasteiger partial charge in [-0.25, -0.2) is 9.69 Å². The molecule has 1 aromatic carbocycles. The van der Waals surface area contributed by atoms with E-state index in [1.54, 1.807) is 19.1 Å². The standard InChI is InChI=1S/C14H11N3O3/c1-8-2-3-9(7-15)6-10(8)17-12(19)14(4-5-14)11(18)16-13(17)20/h2-3,6H,4-5H2,1H3,(H,16,18,20). The number of hydrogen-bond acceptors (Lipinski definition) is 4. The fraction of sp³-hybridized carbons (Fsp3) is 0.286. The Kier molecular flexibility index (Phi) is 2.41. The third-order valence-electron chi connectivity index (χ3n) is 3.80. The molecule has 2 aliphatic rings. The van der Waals surface area contributed by atoms with E-state index < -0.39 is 23.3 Å². The molecule has 6 nitrogen and oxygen atoms in total. The molecule has 0 atom stereocenters. The normalized spacial score (nSPS) is 19.8. The molecule has 6 heteroatoms. The van der Waals surface area contributed by atoms with E-state index in [9.17, 15) is 14.4 Å². The van der Waals surface area contributed by atoms with Gasteiger partial charge >= 0.3 is 6.03 Å². The molecule has 1 aliphatic carbocycles. The van der Waals surface area contributed by atoms with Gasteiger partial charge in [0.2, 0.25) is 5.91 Å². The van der Waals surface area contributed by atoms with Crippen LogP contribution in [0.3, 0.4) is 0 Å². The minimum Gasteiger partial charge on any atom is -0.276 e. The molecular formula is C14H11N3O3. The summed E-state index contributed by atoms with van der Waals surface area (Å²) in [5.74, 6) is -1.01. The molecule has 1 spiro atoms. The number of aryl methyl sites for hydroxylation is 1. The average molecular weight is 269 g/mol. The summed E-state index contributed by atoms with van der Waals surface area (Å²) in [6, 6.07) is 5.99. The van der Waals surface area contributed by atoms with E-state index >= 15 is 0 Å². The van der Waals surface area contributed by atoms with Crippen LogP contribution in [0.5, 0.6) is 0 Å². The van der Waals surface area contributed by atoms with Crippen LogP contribution in [0.25, 0.3) is 0 Å². The van der Waals surface area contributed by atoms with Crippen molar-refractivity contribution in [1.82, 2.24) is 5.32 Å². The van der Waals surface area contributed by atoms with Crippen molar-refractivity contribution in [2.45, 2.75) is 19.8 Å². The number of nitrogens with one attached hydrogen (secondary N) is 1. The first-order valence-electron chi connectivity index (χ1n) is 6.20. The summed E-state index contributed by atoms with van der Waals surface area (Å²) in [5, 5.41) is 11.2. The van der Waals surface area contributed by atoms with E-state index in [0.717, 1.165) is 4.90 Å². The SMILES string of the molecule is Cc1ccc(C#N)cc1N1C(=O)NC(=O)C2(CC2)C1=O. The molecule has 0 bridgehead atoms. The van der Waals surface area contributed by atoms with Gasteiger partial charge in [0.1, 0.15) is 5.41 Å². The Morgan fingerprint density at radius 1 is 1.30 bits per heavy atom. The third-order valence-corrected chi connectivity index (χ3v) is 3.80. The van der Waals surface area contributed by atoms with Crippen LogP contribution in [-0.2, 0) is 9.59 Å². The predicted molar refractivity (Wildman–Crippen MR) is 68.6 cm³/mol. The van der Waals surface area contributed by atoms with Crippen molar-refractivity contribution in [2.24, 2.45) is 5.41 Å². The van der Waals surface area contributed by atoms with Crippen molar-refractivity contribution in [1.29, 1.82) is 5.26 Å². The van der Waals surface area contributed by atoms with Gasteiger partial charge < -0.3 is 0 Å². The predicted octanol–water partition coefficient (Wildman–Crippen LogP) is 1.23. The van der Waals surface area contributed by atoms with Crippen molar-refractivity contribution >= 4 is 23.5 Å². The Labute approximate surface area is 115 Å². The lowest BCUT2D eigenvalue weighted by atomic mass is 10.00. The molecule has 1 saturated heterocycles. The molecule has 3 rings (SSSR count). The van der Waals surface area contributed by atoms with Crippen molar-refractivity contribution in [3.05, 3.63) is 29.3 Å². The number of nitriles is 1. The number of carbonyl (C=O) groups is 3. The van der Waals surface area contributed by atoms with Crippen molar-refractivity contribution < 1.29 is 14.4 Å². The van der Waals surface area contributed by atoms with Gasteiger partial charge in [0.05, 0.1) is 17.3 Å². The van der Waals surface area contributed by atoms with Crippen LogP contribution in [0, 0.1) is 23.7 Å². The lowest BCUT2D eigenvalue weighted by Gasteiger charge is -2.31. The van der Waals surface area contributed by atoms with Gasteiger partial charge in [-0.05, 0) is 37.5 Å². The zero-order chi connectivity index (χ0) is 14.5. The summed E-state index contributed by atoms with van der Waals surface area (Å²) in [4.78, 5) is 37.1. The minimum atomic E-state index is -1.08. The largest absolute Gasteiger partial charge is 0.335 e. The Bertz CT molecular complexity index is 698. The first-order valence-corrected chi connectivity index (χ1v) is 6.20. The van der Waals surface area contributed by atoms with E-state index in [2.05, 4.69) is 5.32 Å². The molecule has 0 radical (unpaired) electrons. The van der Waals surface area contributed by atoms with Crippen LogP contribution in [-0.4, -0.2) is 17.8 Å². The first kappa shape index (κ1) is 12.4. The number of benzene rings is 1. The van der Waals surface area contributed by atoms with Crippen LogP contribution < -0.4 is 10.2 Å². The highest BCUT2D eigenvalue weighted by Crippen LogP contribution is 2.49. The third kappa shape index (κ3) is 1.53. The Balaban J connectivity index is 2.09.